The lowest BCUT2D eigenvalue weighted by Gasteiger charge is -2.29. The van der Waals surface area contributed by atoms with E-state index < -0.39 is 6.93 Å². The predicted octanol–water partition coefficient (Wildman–Crippen LogP) is 6.74. The summed E-state index contributed by atoms with van der Waals surface area (Å²) in [6.45, 7) is 4.01. The topological polar surface area (TPSA) is 74.1 Å². The molecule has 14 heteroatoms. The number of rotatable bonds is 7. The summed E-state index contributed by atoms with van der Waals surface area (Å²) in [6, 6.07) is 11.0. The first-order valence-corrected chi connectivity index (χ1v) is 14.8. The molecule has 43 heavy (non-hydrogen) atoms. The second kappa shape index (κ2) is 16.5. The number of alkyl halides is 3. The van der Waals surface area contributed by atoms with Crippen LogP contribution in [0.5, 0.6) is 0 Å². The lowest BCUT2D eigenvalue weighted by Crippen LogP contribution is -2.43. The summed E-state index contributed by atoms with van der Waals surface area (Å²) in [5, 5.41) is 8.65. The second-order valence-corrected chi connectivity index (χ2v) is 10.8. The van der Waals surface area contributed by atoms with Crippen LogP contribution in [0.3, 0.4) is 0 Å². The highest BCUT2D eigenvalue weighted by Gasteiger charge is 2.22. The summed E-state index contributed by atoms with van der Waals surface area (Å²) >= 11 is 7.91. The van der Waals surface area contributed by atoms with E-state index in [1.807, 2.05) is 30.6 Å². The van der Waals surface area contributed by atoms with Gasteiger partial charge in [-0.1, -0.05) is 11.6 Å². The molecule has 0 aliphatic carbocycles. The Labute approximate surface area is 257 Å². The average molecular weight is 637 g/mol. The zero-order chi connectivity index (χ0) is 30.6. The van der Waals surface area contributed by atoms with Gasteiger partial charge in [0.2, 0.25) is 6.93 Å². The number of hydrogen-bond donors (Lipinski definition) is 2. The van der Waals surface area contributed by atoms with Gasteiger partial charge in [-0.2, -0.15) is 5.10 Å². The maximum absolute atomic E-state index is 15.9. The van der Waals surface area contributed by atoms with E-state index >= 15 is 4.39 Å². The molecule has 2 aliphatic rings. The third kappa shape index (κ3) is 8.37. The summed E-state index contributed by atoms with van der Waals surface area (Å²) in [5.74, 6) is 0.272. The number of hydrogen-bond acceptors (Lipinski definition) is 8. The van der Waals surface area contributed by atoms with Crippen molar-refractivity contribution >= 4 is 35.1 Å². The van der Waals surface area contributed by atoms with E-state index in [1.165, 1.54) is 12.1 Å². The van der Waals surface area contributed by atoms with Gasteiger partial charge in [0.25, 0.3) is 0 Å². The van der Waals surface area contributed by atoms with Gasteiger partial charge < -0.3 is 14.9 Å². The SMILES string of the molecule is CF.FCF.Fc1c(NSN2CCCC2)cc(Cl)cc1-c1cn(-c2ccc(N3CCNCC3)cn2)nc1-c1ccncc1. The molecule has 0 spiro atoms. The van der Waals surface area contributed by atoms with Crippen LogP contribution in [-0.2, 0) is 0 Å². The molecule has 2 saturated heterocycles. The van der Waals surface area contributed by atoms with E-state index in [4.69, 9.17) is 16.7 Å². The number of nitrogens with zero attached hydrogens (tertiary/aromatic N) is 6. The number of aromatic nitrogens is 4. The predicted molar refractivity (Wildman–Crippen MR) is 166 cm³/mol. The van der Waals surface area contributed by atoms with Crippen LogP contribution in [0.25, 0.3) is 28.2 Å². The van der Waals surface area contributed by atoms with Crippen LogP contribution in [0.1, 0.15) is 12.8 Å². The molecule has 1 aromatic carbocycles. The largest absolute Gasteiger partial charge is 0.368 e. The summed E-state index contributed by atoms with van der Waals surface area (Å²) < 4.78 is 51.7. The normalized spacial score (nSPS) is 14.9. The van der Waals surface area contributed by atoms with Crippen LogP contribution in [0, 0.1) is 5.82 Å². The number of nitrogens with one attached hydrogen (secondary N) is 2. The Hall–Kier alpha value is -3.39. The van der Waals surface area contributed by atoms with Crippen LogP contribution in [-0.4, -0.2) is 77.4 Å². The van der Waals surface area contributed by atoms with Crippen molar-refractivity contribution < 1.29 is 17.6 Å². The number of anilines is 2. The zero-order valence-corrected chi connectivity index (χ0v) is 25.2. The molecular weight excluding hydrogens is 604 g/mol. The monoisotopic (exact) mass is 636 g/mol. The summed E-state index contributed by atoms with van der Waals surface area (Å²) in [5.41, 5.74) is 3.86. The Balaban J connectivity index is 0.000000798. The molecule has 2 fully saturated rings. The van der Waals surface area contributed by atoms with E-state index in [2.05, 4.69) is 35.3 Å². The molecule has 0 bridgehead atoms. The fraction of sp³-hybridized carbons (Fsp3) is 0.345. The van der Waals surface area contributed by atoms with Gasteiger partial charge in [-0.3, -0.25) is 9.37 Å². The summed E-state index contributed by atoms with van der Waals surface area (Å²) in [4.78, 5) is 11.1. The molecule has 0 atom stereocenters. The first kappa shape index (κ1) is 32.5. The van der Waals surface area contributed by atoms with E-state index in [-0.39, 0.29) is 5.82 Å². The fourth-order valence-electron chi connectivity index (χ4n) is 4.79. The van der Waals surface area contributed by atoms with Crippen molar-refractivity contribution in [3.63, 3.8) is 0 Å². The van der Waals surface area contributed by atoms with Gasteiger partial charge in [-0.05, 0) is 49.2 Å². The Morgan fingerprint density at radius 3 is 2.33 bits per heavy atom. The fourth-order valence-corrected chi connectivity index (χ4v) is 5.82. The van der Waals surface area contributed by atoms with Crippen LogP contribution in [0.15, 0.2) is 61.2 Å². The molecule has 5 heterocycles. The van der Waals surface area contributed by atoms with Crippen molar-refractivity contribution in [2.24, 2.45) is 0 Å². The van der Waals surface area contributed by atoms with Crippen LogP contribution in [0.2, 0.25) is 5.02 Å². The number of pyridine rings is 2. The minimum Gasteiger partial charge on any atom is -0.368 e. The Kier molecular flexibility index (Phi) is 12.4. The molecule has 3 aromatic heterocycles. The van der Waals surface area contributed by atoms with Crippen LogP contribution >= 0.6 is 23.7 Å². The summed E-state index contributed by atoms with van der Waals surface area (Å²) in [6.07, 6.45) is 9.38. The Morgan fingerprint density at radius 2 is 1.67 bits per heavy atom. The first-order valence-electron chi connectivity index (χ1n) is 13.7. The minimum atomic E-state index is -1.75. The van der Waals surface area contributed by atoms with Crippen molar-refractivity contribution in [1.82, 2.24) is 29.4 Å². The van der Waals surface area contributed by atoms with Crippen molar-refractivity contribution in [3.05, 3.63) is 72.0 Å². The number of piperazine rings is 1. The third-order valence-corrected chi connectivity index (χ3v) is 7.95. The smallest absolute Gasteiger partial charge is 0.229 e. The van der Waals surface area contributed by atoms with Crippen molar-refractivity contribution in [2.75, 3.05) is 63.0 Å². The lowest BCUT2D eigenvalue weighted by molar-refractivity contribution is 0.295. The van der Waals surface area contributed by atoms with Gasteiger partial charge >= 0.3 is 0 Å². The summed E-state index contributed by atoms with van der Waals surface area (Å²) in [7, 11) is 0.500. The maximum atomic E-state index is 15.9. The van der Waals surface area contributed by atoms with E-state index in [0.29, 0.717) is 40.5 Å². The maximum Gasteiger partial charge on any atom is 0.229 e. The van der Waals surface area contributed by atoms with Gasteiger partial charge in [0.15, 0.2) is 11.6 Å². The van der Waals surface area contributed by atoms with Crippen molar-refractivity contribution in [1.29, 1.82) is 0 Å². The minimum absolute atomic E-state index is 0.344. The molecule has 230 valence electrons. The van der Waals surface area contributed by atoms with Gasteiger partial charge in [0, 0.05) is 91.7 Å². The molecule has 0 unspecified atom stereocenters. The first-order chi connectivity index (χ1) is 21.1. The highest BCUT2D eigenvalue weighted by atomic mass is 35.5. The molecule has 2 aliphatic heterocycles. The van der Waals surface area contributed by atoms with E-state index in [0.717, 1.165) is 63.4 Å². The standard InChI is InChI=1S/C27H28ClFN8S.CH2F2.CH3F/c28-20-15-22(26(29)24(16-20)34-38-36-11-1-2-12-36)23-18-37(33-27(23)19-5-7-30-8-6-19)25-4-3-21(17-32-25)35-13-9-31-10-14-35;2-1-3;1-2/h3-8,15-18,31,34H,1-2,9-14H2;1H2;1H3. The number of halogens is 5. The second-order valence-electron chi connectivity index (χ2n) is 9.43. The van der Waals surface area contributed by atoms with Crippen molar-refractivity contribution in [3.8, 4) is 28.2 Å². The quantitative estimate of drug-likeness (QED) is 0.171. The van der Waals surface area contributed by atoms with E-state index in [9.17, 15) is 13.2 Å². The van der Waals surface area contributed by atoms with E-state index in [1.54, 1.807) is 29.2 Å². The van der Waals surface area contributed by atoms with Gasteiger partial charge in [-0.15, -0.1) is 0 Å². The molecule has 0 radical (unpaired) electrons. The number of benzene rings is 1. The highest BCUT2D eigenvalue weighted by Crippen LogP contribution is 2.38. The van der Waals surface area contributed by atoms with Crippen molar-refractivity contribution in [2.45, 2.75) is 12.8 Å². The molecule has 6 rings (SSSR count). The van der Waals surface area contributed by atoms with Gasteiger partial charge in [-0.25, -0.2) is 27.1 Å². The van der Waals surface area contributed by atoms with Crippen LogP contribution in [0.4, 0.5) is 28.9 Å². The molecular formula is C29H33ClF4N8S. The zero-order valence-electron chi connectivity index (χ0n) is 23.6. The molecule has 4 aromatic rings. The Bertz CT molecular complexity index is 1420. The highest BCUT2D eigenvalue weighted by molar-refractivity contribution is 7.98. The molecule has 0 saturated carbocycles. The van der Waals surface area contributed by atoms with Crippen LogP contribution < -0.4 is 14.9 Å². The lowest BCUT2D eigenvalue weighted by atomic mass is 10.0. The Morgan fingerprint density at radius 1 is 0.977 bits per heavy atom. The molecule has 0 amide bonds. The molecule has 2 N–H and O–H groups in total. The molecule has 8 nitrogen and oxygen atoms in total. The van der Waals surface area contributed by atoms with Gasteiger partial charge in [0.1, 0.15) is 5.69 Å². The van der Waals surface area contributed by atoms with Gasteiger partial charge in [0.05, 0.1) is 24.7 Å². The average Bonchev–Trinajstić information content (AvgIpc) is 3.75. The third-order valence-electron chi connectivity index (χ3n) is 6.79.